The molecule has 0 unspecified atom stereocenters. The number of carbonyl (C=O) groups is 1. The number of anilines is 1. The second-order valence-electron chi connectivity index (χ2n) is 4.74. The number of carboxylic acids is 1. The van der Waals surface area contributed by atoms with E-state index in [9.17, 15) is 13.2 Å². The molecule has 0 saturated heterocycles. The van der Waals surface area contributed by atoms with Crippen LogP contribution in [0.2, 0.25) is 0 Å². The second kappa shape index (κ2) is 4.85. The number of aromatic carboxylic acids is 1. The van der Waals surface area contributed by atoms with E-state index in [1.54, 1.807) is 0 Å². The molecule has 1 aliphatic rings. The minimum absolute atomic E-state index is 0.0258. The van der Waals surface area contributed by atoms with Gasteiger partial charge in [-0.05, 0) is 18.9 Å². The number of hydrogen-bond donors (Lipinski definition) is 2. The molecule has 2 N–H and O–H groups in total. The number of aromatic nitrogens is 3. The largest absolute Gasteiger partial charge is 0.477 e. The molecule has 1 aliphatic carbocycles. The van der Waals surface area contributed by atoms with Crippen LogP contribution in [0.3, 0.4) is 0 Å². The van der Waals surface area contributed by atoms with Crippen LogP contribution >= 0.6 is 0 Å². The zero-order valence-corrected chi connectivity index (χ0v) is 11.6. The van der Waals surface area contributed by atoms with Crippen LogP contribution in [-0.4, -0.2) is 34.0 Å². The molecule has 0 radical (unpaired) electrons. The third-order valence-electron chi connectivity index (χ3n) is 3.11. The maximum Gasteiger partial charge on any atom is 0.352 e. The Balaban J connectivity index is 1.95. The van der Waals surface area contributed by atoms with E-state index < -0.39 is 16.0 Å². The average Bonchev–Trinajstić information content (AvgIpc) is 3.17. The van der Waals surface area contributed by atoms with Crippen molar-refractivity contribution in [2.45, 2.75) is 23.8 Å². The van der Waals surface area contributed by atoms with Gasteiger partial charge in [0.05, 0.1) is 18.1 Å². The summed E-state index contributed by atoms with van der Waals surface area (Å²) in [4.78, 5) is 18.5. The normalized spacial score (nSPS) is 14.9. The quantitative estimate of drug-likeness (QED) is 0.855. The number of hydrogen-bond acceptors (Lipinski definition) is 5. The summed E-state index contributed by atoms with van der Waals surface area (Å²) >= 11 is 0. The average molecular weight is 308 g/mol. The highest BCUT2D eigenvalue weighted by molar-refractivity contribution is 7.92. The zero-order valence-electron chi connectivity index (χ0n) is 10.8. The Hall–Kier alpha value is -2.42. The molecule has 0 atom stereocenters. The summed E-state index contributed by atoms with van der Waals surface area (Å²) in [6.45, 7) is 0. The number of nitrogens with zero attached hydrogens (tertiary/aromatic N) is 3. The summed E-state index contributed by atoms with van der Waals surface area (Å²) in [6, 6.07) is 1.23. The van der Waals surface area contributed by atoms with Gasteiger partial charge in [0.25, 0.3) is 10.0 Å². The van der Waals surface area contributed by atoms with Gasteiger partial charge in [-0.25, -0.2) is 23.2 Å². The Labute approximate surface area is 120 Å². The molecular weight excluding hydrogens is 296 g/mol. The minimum Gasteiger partial charge on any atom is -0.477 e. The third kappa shape index (κ3) is 2.72. The highest BCUT2D eigenvalue weighted by Crippen LogP contribution is 2.37. The van der Waals surface area contributed by atoms with Crippen molar-refractivity contribution in [1.29, 1.82) is 0 Å². The van der Waals surface area contributed by atoms with Crippen LogP contribution in [-0.2, 0) is 10.0 Å². The lowest BCUT2D eigenvalue weighted by Crippen LogP contribution is -2.12. The van der Waals surface area contributed by atoms with Gasteiger partial charge < -0.3 is 9.67 Å². The smallest absolute Gasteiger partial charge is 0.352 e. The van der Waals surface area contributed by atoms with Crippen molar-refractivity contribution < 1.29 is 18.3 Å². The van der Waals surface area contributed by atoms with Crippen LogP contribution in [0.5, 0.6) is 0 Å². The molecule has 2 aromatic heterocycles. The number of rotatable bonds is 5. The molecule has 110 valence electrons. The van der Waals surface area contributed by atoms with Crippen molar-refractivity contribution in [3.8, 4) is 0 Å². The number of nitrogens with one attached hydrogen (secondary N) is 1. The standard InChI is InChI=1S/C12H12N4O4S/c17-12(18)11-3-10(6-16(11)9-1-2-9)21(19,20)15-8-4-13-7-14-5-8/h3-7,9,15H,1-2H2,(H,17,18). The fraction of sp³-hybridized carbons (Fsp3) is 0.250. The van der Waals surface area contributed by atoms with Gasteiger partial charge in [0, 0.05) is 12.2 Å². The van der Waals surface area contributed by atoms with E-state index in [4.69, 9.17) is 5.11 Å². The molecular formula is C12H12N4O4S. The Morgan fingerprint density at radius 2 is 2.00 bits per heavy atom. The van der Waals surface area contributed by atoms with Crippen LogP contribution in [0.1, 0.15) is 29.4 Å². The SMILES string of the molecule is O=C(O)c1cc(S(=O)(=O)Nc2cncnc2)cn1C1CC1. The highest BCUT2D eigenvalue weighted by Gasteiger charge is 2.30. The second-order valence-corrected chi connectivity index (χ2v) is 6.42. The molecule has 0 aromatic carbocycles. The van der Waals surface area contributed by atoms with E-state index in [0.29, 0.717) is 0 Å². The van der Waals surface area contributed by atoms with E-state index in [1.165, 1.54) is 29.5 Å². The van der Waals surface area contributed by atoms with Crippen LogP contribution in [0, 0.1) is 0 Å². The maximum atomic E-state index is 12.3. The Morgan fingerprint density at radius 1 is 1.33 bits per heavy atom. The van der Waals surface area contributed by atoms with Crippen LogP contribution in [0.4, 0.5) is 5.69 Å². The van der Waals surface area contributed by atoms with E-state index in [1.807, 2.05) is 0 Å². The van der Waals surface area contributed by atoms with Gasteiger partial charge in [0.1, 0.15) is 16.9 Å². The zero-order chi connectivity index (χ0) is 15.0. The van der Waals surface area contributed by atoms with Crippen molar-refractivity contribution >= 4 is 21.7 Å². The van der Waals surface area contributed by atoms with E-state index in [-0.39, 0.29) is 22.3 Å². The molecule has 2 aromatic rings. The van der Waals surface area contributed by atoms with Gasteiger partial charge >= 0.3 is 5.97 Å². The van der Waals surface area contributed by atoms with Crippen LogP contribution in [0.25, 0.3) is 0 Å². The lowest BCUT2D eigenvalue weighted by molar-refractivity contribution is 0.0685. The molecule has 1 saturated carbocycles. The lowest BCUT2D eigenvalue weighted by atomic mass is 10.4. The third-order valence-corrected chi connectivity index (χ3v) is 4.45. The monoisotopic (exact) mass is 308 g/mol. The molecule has 0 amide bonds. The predicted molar refractivity (Wildman–Crippen MR) is 72.5 cm³/mol. The summed E-state index contributed by atoms with van der Waals surface area (Å²) < 4.78 is 28.3. The summed E-state index contributed by atoms with van der Waals surface area (Å²) in [5.74, 6) is -1.15. The summed E-state index contributed by atoms with van der Waals surface area (Å²) in [7, 11) is -3.87. The highest BCUT2D eigenvalue weighted by atomic mass is 32.2. The molecule has 0 spiro atoms. The first-order chi connectivity index (χ1) is 9.97. The molecule has 21 heavy (non-hydrogen) atoms. The topological polar surface area (TPSA) is 114 Å². The molecule has 3 rings (SSSR count). The molecule has 9 heteroatoms. The molecule has 8 nitrogen and oxygen atoms in total. The first-order valence-corrected chi connectivity index (χ1v) is 7.69. The first-order valence-electron chi connectivity index (χ1n) is 6.20. The first kappa shape index (κ1) is 13.6. The van der Waals surface area contributed by atoms with Crippen LogP contribution in [0.15, 0.2) is 35.9 Å². The summed E-state index contributed by atoms with van der Waals surface area (Å²) in [6.07, 6.45) is 6.99. The van der Waals surface area contributed by atoms with Gasteiger partial charge in [-0.2, -0.15) is 0 Å². The lowest BCUT2D eigenvalue weighted by Gasteiger charge is -2.05. The van der Waals surface area contributed by atoms with Gasteiger partial charge in [-0.15, -0.1) is 0 Å². The minimum atomic E-state index is -3.87. The number of sulfonamides is 1. The van der Waals surface area contributed by atoms with Crippen molar-refractivity contribution in [3.05, 3.63) is 36.7 Å². The molecule has 2 heterocycles. The van der Waals surface area contributed by atoms with Crippen LogP contribution < -0.4 is 4.72 Å². The Morgan fingerprint density at radius 3 is 2.57 bits per heavy atom. The van der Waals surface area contributed by atoms with Crippen molar-refractivity contribution in [2.24, 2.45) is 0 Å². The predicted octanol–water partition coefficient (Wildman–Crippen LogP) is 1.11. The van der Waals surface area contributed by atoms with E-state index >= 15 is 0 Å². The van der Waals surface area contributed by atoms with E-state index in [2.05, 4.69) is 14.7 Å². The Kier molecular flexibility index (Phi) is 3.13. The van der Waals surface area contributed by atoms with Crippen molar-refractivity contribution in [3.63, 3.8) is 0 Å². The van der Waals surface area contributed by atoms with Crippen molar-refractivity contribution in [2.75, 3.05) is 4.72 Å². The summed E-state index contributed by atoms with van der Waals surface area (Å²) in [5.41, 5.74) is 0.190. The van der Waals surface area contributed by atoms with Gasteiger partial charge in [-0.3, -0.25) is 4.72 Å². The molecule has 1 fully saturated rings. The number of carboxylic acid groups (broad SMARTS) is 1. The van der Waals surface area contributed by atoms with Gasteiger partial charge in [0.2, 0.25) is 0 Å². The fourth-order valence-electron chi connectivity index (χ4n) is 1.99. The van der Waals surface area contributed by atoms with Gasteiger partial charge in [-0.1, -0.05) is 0 Å². The van der Waals surface area contributed by atoms with Crippen molar-refractivity contribution in [1.82, 2.24) is 14.5 Å². The Bertz CT molecular complexity index is 781. The molecule has 0 aliphatic heterocycles. The molecule has 0 bridgehead atoms. The maximum absolute atomic E-state index is 12.3. The van der Waals surface area contributed by atoms with Gasteiger partial charge in [0.15, 0.2) is 0 Å². The fourth-order valence-corrected chi connectivity index (χ4v) is 3.05. The van der Waals surface area contributed by atoms with E-state index in [0.717, 1.165) is 18.9 Å². The summed E-state index contributed by atoms with van der Waals surface area (Å²) in [5, 5.41) is 9.16.